The molecule has 0 radical (unpaired) electrons. The van der Waals surface area contributed by atoms with Crippen molar-refractivity contribution in [3.05, 3.63) is 45.3 Å². The smallest absolute Gasteiger partial charge is 0.348 e. The number of nitriles is 1. The number of nitrogens with one attached hydrogen (secondary N) is 2. The number of methoxy groups -OCH3 is 1. The van der Waals surface area contributed by atoms with Crippen molar-refractivity contribution >= 4 is 45.5 Å². The SMILES string of the molecule is CCOC(=O)c1sc(NC(=S)NC(=O)c2cccc(C)c2OC)c(C#N)c1C. The zero-order valence-corrected chi connectivity index (χ0v) is 17.5. The number of rotatable bonds is 5. The van der Waals surface area contributed by atoms with E-state index >= 15 is 0 Å². The second-order valence-corrected chi connectivity index (χ2v) is 7.09. The molecule has 2 aromatic rings. The fourth-order valence-corrected chi connectivity index (χ4v) is 3.85. The number of carbonyl (C=O) groups excluding carboxylic acids is 2. The first-order chi connectivity index (χ1) is 13.3. The van der Waals surface area contributed by atoms with Crippen LogP contribution in [0.5, 0.6) is 5.75 Å². The van der Waals surface area contributed by atoms with Crippen LogP contribution in [0.1, 0.15) is 43.6 Å². The van der Waals surface area contributed by atoms with Crippen LogP contribution in [-0.4, -0.2) is 30.7 Å². The molecule has 0 bridgehead atoms. The van der Waals surface area contributed by atoms with Crippen molar-refractivity contribution in [2.24, 2.45) is 0 Å². The van der Waals surface area contributed by atoms with Crippen LogP contribution in [0.3, 0.4) is 0 Å². The molecule has 0 atom stereocenters. The molecule has 2 rings (SSSR count). The molecule has 0 aliphatic rings. The maximum atomic E-state index is 12.5. The summed E-state index contributed by atoms with van der Waals surface area (Å²) in [6.07, 6.45) is 0. The lowest BCUT2D eigenvalue weighted by atomic mass is 10.1. The van der Waals surface area contributed by atoms with Gasteiger partial charge in [0.05, 0.1) is 24.8 Å². The van der Waals surface area contributed by atoms with Crippen LogP contribution in [0, 0.1) is 25.2 Å². The number of nitrogens with zero attached hydrogens (tertiary/aromatic N) is 1. The van der Waals surface area contributed by atoms with Gasteiger partial charge in [-0.1, -0.05) is 12.1 Å². The van der Waals surface area contributed by atoms with Crippen molar-refractivity contribution < 1.29 is 19.1 Å². The van der Waals surface area contributed by atoms with Crippen molar-refractivity contribution in [2.75, 3.05) is 19.0 Å². The normalized spacial score (nSPS) is 9.96. The standard InChI is InChI=1S/C19H19N3O4S2/c1-5-26-18(24)15-11(3)13(9-20)17(28-15)22-19(27)21-16(23)12-8-6-7-10(2)14(12)25-4/h6-8H,5H2,1-4H3,(H2,21,22,23,27). The van der Waals surface area contributed by atoms with Crippen molar-refractivity contribution in [3.8, 4) is 11.8 Å². The van der Waals surface area contributed by atoms with E-state index in [0.717, 1.165) is 16.9 Å². The quantitative estimate of drug-likeness (QED) is 0.567. The lowest BCUT2D eigenvalue weighted by Crippen LogP contribution is -2.34. The van der Waals surface area contributed by atoms with Crippen LogP contribution in [0.2, 0.25) is 0 Å². The molecule has 0 fully saturated rings. The lowest BCUT2D eigenvalue weighted by molar-refractivity contribution is 0.0531. The Balaban J connectivity index is 2.21. The number of aryl methyl sites for hydroxylation is 1. The fraction of sp³-hybridized carbons (Fsp3) is 0.263. The van der Waals surface area contributed by atoms with Crippen molar-refractivity contribution in [2.45, 2.75) is 20.8 Å². The monoisotopic (exact) mass is 417 g/mol. The number of esters is 1. The average molecular weight is 418 g/mol. The number of carbonyl (C=O) groups is 2. The minimum absolute atomic E-state index is 0.00159. The maximum Gasteiger partial charge on any atom is 0.348 e. The molecule has 0 unspecified atom stereocenters. The molecule has 0 aliphatic carbocycles. The first-order valence-corrected chi connectivity index (χ1v) is 9.53. The molecular weight excluding hydrogens is 398 g/mol. The molecule has 7 nitrogen and oxygen atoms in total. The van der Waals surface area contributed by atoms with Crippen LogP contribution in [0.25, 0.3) is 0 Å². The summed E-state index contributed by atoms with van der Waals surface area (Å²) in [5.41, 5.74) is 1.93. The number of hydrogen-bond acceptors (Lipinski definition) is 7. The fourth-order valence-electron chi connectivity index (χ4n) is 2.53. The van der Waals surface area contributed by atoms with E-state index in [2.05, 4.69) is 10.6 Å². The molecule has 1 heterocycles. The minimum atomic E-state index is -0.506. The van der Waals surface area contributed by atoms with Gasteiger partial charge in [0.25, 0.3) is 5.91 Å². The molecule has 1 amide bonds. The minimum Gasteiger partial charge on any atom is -0.496 e. The molecule has 28 heavy (non-hydrogen) atoms. The van der Waals surface area contributed by atoms with Gasteiger partial charge in [0.2, 0.25) is 0 Å². The van der Waals surface area contributed by atoms with Crippen molar-refractivity contribution in [1.82, 2.24) is 5.32 Å². The molecular formula is C19H19N3O4S2. The molecule has 0 saturated carbocycles. The highest BCUT2D eigenvalue weighted by atomic mass is 32.1. The molecule has 0 spiro atoms. The van der Waals surface area contributed by atoms with E-state index < -0.39 is 11.9 Å². The Morgan fingerprint density at radius 1 is 1.32 bits per heavy atom. The van der Waals surface area contributed by atoms with E-state index in [1.807, 2.05) is 19.1 Å². The first-order valence-electron chi connectivity index (χ1n) is 8.30. The van der Waals surface area contributed by atoms with E-state index in [9.17, 15) is 14.9 Å². The highest BCUT2D eigenvalue weighted by Crippen LogP contribution is 2.33. The number of para-hydroxylation sites is 1. The highest BCUT2D eigenvalue weighted by Gasteiger charge is 2.22. The number of anilines is 1. The molecule has 1 aromatic heterocycles. The number of ether oxygens (including phenoxy) is 2. The lowest BCUT2D eigenvalue weighted by Gasteiger charge is -2.12. The summed E-state index contributed by atoms with van der Waals surface area (Å²) >= 11 is 6.25. The predicted molar refractivity (Wildman–Crippen MR) is 111 cm³/mol. The van der Waals surface area contributed by atoms with Crippen LogP contribution in [-0.2, 0) is 4.74 Å². The average Bonchev–Trinajstić information content (AvgIpc) is 2.96. The largest absolute Gasteiger partial charge is 0.496 e. The molecule has 0 saturated heterocycles. The van der Waals surface area contributed by atoms with Gasteiger partial charge in [-0.2, -0.15) is 5.26 Å². The van der Waals surface area contributed by atoms with Crippen LogP contribution in [0.4, 0.5) is 5.00 Å². The van der Waals surface area contributed by atoms with Crippen LogP contribution < -0.4 is 15.4 Å². The summed E-state index contributed by atoms with van der Waals surface area (Å²) in [5.74, 6) is -0.499. The Bertz CT molecular complexity index is 976. The van der Waals surface area contributed by atoms with Gasteiger partial charge in [-0.3, -0.25) is 10.1 Å². The molecule has 1 aromatic carbocycles. The zero-order chi connectivity index (χ0) is 20.8. The number of hydrogen-bond donors (Lipinski definition) is 2. The van der Waals surface area contributed by atoms with Gasteiger partial charge in [-0.15, -0.1) is 11.3 Å². The molecule has 2 N–H and O–H groups in total. The summed E-state index contributed by atoms with van der Waals surface area (Å²) in [5, 5.41) is 15.2. The van der Waals surface area contributed by atoms with E-state index in [0.29, 0.717) is 26.8 Å². The van der Waals surface area contributed by atoms with Gasteiger partial charge in [0.15, 0.2) is 5.11 Å². The Kier molecular flexibility index (Phi) is 7.09. The predicted octanol–water partition coefficient (Wildman–Crippen LogP) is 3.55. The van der Waals surface area contributed by atoms with E-state index in [1.54, 1.807) is 26.0 Å². The topological polar surface area (TPSA) is 100 Å². The van der Waals surface area contributed by atoms with Gasteiger partial charge in [0.1, 0.15) is 21.7 Å². The first kappa shape index (κ1) is 21.3. The van der Waals surface area contributed by atoms with Gasteiger partial charge in [0, 0.05) is 0 Å². The molecule has 0 aliphatic heterocycles. The third-order valence-electron chi connectivity index (χ3n) is 3.83. The third kappa shape index (κ3) is 4.47. The Labute approximate surface area is 172 Å². The zero-order valence-electron chi connectivity index (χ0n) is 15.8. The molecule has 146 valence electrons. The van der Waals surface area contributed by atoms with Crippen LogP contribution >= 0.6 is 23.6 Å². The van der Waals surface area contributed by atoms with Gasteiger partial charge in [-0.05, 0) is 50.2 Å². The van der Waals surface area contributed by atoms with Crippen molar-refractivity contribution in [3.63, 3.8) is 0 Å². The van der Waals surface area contributed by atoms with E-state index in [4.69, 9.17) is 21.7 Å². The Hall–Kier alpha value is -2.96. The van der Waals surface area contributed by atoms with Gasteiger partial charge < -0.3 is 14.8 Å². The van der Waals surface area contributed by atoms with Crippen LogP contribution in [0.15, 0.2) is 18.2 Å². The summed E-state index contributed by atoms with van der Waals surface area (Å²) in [6, 6.07) is 7.24. The van der Waals surface area contributed by atoms with E-state index in [1.165, 1.54) is 7.11 Å². The van der Waals surface area contributed by atoms with Crippen molar-refractivity contribution in [1.29, 1.82) is 5.26 Å². The Morgan fingerprint density at radius 2 is 2.04 bits per heavy atom. The van der Waals surface area contributed by atoms with Gasteiger partial charge in [-0.25, -0.2) is 4.79 Å². The molecule has 9 heteroatoms. The number of benzene rings is 1. The third-order valence-corrected chi connectivity index (χ3v) is 5.23. The summed E-state index contributed by atoms with van der Waals surface area (Å²) in [6.45, 7) is 5.42. The summed E-state index contributed by atoms with van der Waals surface area (Å²) in [4.78, 5) is 24.9. The maximum absolute atomic E-state index is 12.5. The summed E-state index contributed by atoms with van der Waals surface area (Å²) < 4.78 is 10.3. The number of amides is 1. The van der Waals surface area contributed by atoms with E-state index in [-0.39, 0.29) is 17.3 Å². The highest BCUT2D eigenvalue weighted by molar-refractivity contribution is 7.80. The summed E-state index contributed by atoms with van der Waals surface area (Å²) in [7, 11) is 1.49. The second kappa shape index (κ2) is 9.30. The van der Waals surface area contributed by atoms with Gasteiger partial charge >= 0.3 is 5.97 Å². The second-order valence-electron chi connectivity index (χ2n) is 5.66. The number of thiophene rings is 1. The Morgan fingerprint density at radius 3 is 2.64 bits per heavy atom. The number of thiocarbonyl (C=S) groups is 1.